The Morgan fingerprint density at radius 2 is 2.00 bits per heavy atom. The monoisotopic (exact) mass is 290 g/mol. The number of amides is 2. The molecule has 0 aliphatic carbocycles. The molecule has 1 heterocycles. The lowest BCUT2D eigenvalue weighted by Crippen LogP contribution is -2.47. The number of fused-ring (bicyclic) bond motifs is 1. The van der Waals surface area contributed by atoms with Crippen LogP contribution in [0.3, 0.4) is 0 Å². The van der Waals surface area contributed by atoms with E-state index in [2.05, 4.69) is 5.32 Å². The van der Waals surface area contributed by atoms with Crippen LogP contribution in [-0.2, 0) is 9.59 Å². The van der Waals surface area contributed by atoms with E-state index >= 15 is 0 Å². The first-order valence-corrected chi connectivity index (χ1v) is 7.16. The highest BCUT2D eigenvalue weighted by Crippen LogP contribution is 2.33. The summed E-state index contributed by atoms with van der Waals surface area (Å²) < 4.78 is 5.57. The Labute approximate surface area is 125 Å². The van der Waals surface area contributed by atoms with Crippen molar-refractivity contribution in [2.24, 2.45) is 0 Å². The van der Waals surface area contributed by atoms with Crippen molar-refractivity contribution < 1.29 is 14.3 Å². The second-order valence-corrected chi connectivity index (χ2v) is 6.27. The first kappa shape index (κ1) is 15.4. The normalized spacial score (nSPS) is 18.0. The maximum atomic E-state index is 12.3. The van der Waals surface area contributed by atoms with Gasteiger partial charge in [-0.3, -0.25) is 9.59 Å². The third-order valence-corrected chi connectivity index (χ3v) is 3.15. The molecule has 21 heavy (non-hydrogen) atoms. The molecule has 0 radical (unpaired) electrons. The largest absolute Gasteiger partial charge is 0.479 e. The average Bonchev–Trinajstić information content (AvgIpc) is 2.37. The fourth-order valence-corrected chi connectivity index (χ4v) is 2.28. The Kier molecular flexibility index (Phi) is 4.21. The third-order valence-electron chi connectivity index (χ3n) is 3.15. The van der Waals surface area contributed by atoms with Crippen molar-refractivity contribution in [2.75, 3.05) is 11.4 Å². The number of ether oxygens (including phenoxy) is 1. The molecule has 1 aliphatic heterocycles. The topological polar surface area (TPSA) is 58.6 Å². The molecular formula is C16H22N2O3. The Balaban J connectivity index is 2.08. The van der Waals surface area contributed by atoms with E-state index in [1.807, 2.05) is 45.0 Å². The van der Waals surface area contributed by atoms with Crippen LogP contribution in [0.2, 0.25) is 0 Å². The number of rotatable bonds is 3. The Bertz CT molecular complexity index is 549. The number of anilines is 1. The first-order chi connectivity index (χ1) is 9.78. The highest BCUT2D eigenvalue weighted by Gasteiger charge is 2.31. The van der Waals surface area contributed by atoms with Gasteiger partial charge in [0.2, 0.25) is 5.91 Å². The smallest absolute Gasteiger partial charge is 0.267 e. The summed E-state index contributed by atoms with van der Waals surface area (Å²) in [6, 6.07) is 7.39. The second kappa shape index (κ2) is 5.76. The molecule has 114 valence electrons. The van der Waals surface area contributed by atoms with Gasteiger partial charge in [0.05, 0.1) is 5.69 Å². The van der Waals surface area contributed by atoms with Gasteiger partial charge >= 0.3 is 0 Å². The number of nitrogens with zero attached hydrogens (tertiary/aromatic N) is 1. The maximum absolute atomic E-state index is 12.3. The van der Waals surface area contributed by atoms with Crippen molar-refractivity contribution in [1.82, 2.24) is 5.32 Å². The van der Waals surface area contributed by atoms with Crippen LogP contribution >= 0.6 is 0 Å². The molecule has 0 saturated carbocycles. The predicted molar refractivity (Wildman–Crippen MR) is 81.4 cm³/mol. The molecule has 0 spiro atoms. The van der Waals surface area contributed by atoms with Crippen molar-refractivity contribution in [3.05, 3.63) is 24.3 Å². The summed E-state index contributed by atoms with van der Waals surface area (Å²) in [5.74, 6) is 0.505. The lowest BCUT2D eigenvalue weighted by molar-refractivity contribution is -0.125. The Hall–Kier alpha value is -2.04. The number of hydrogen-bond donors (Lipinski definition) is 1. The number of carbonyl (C=O) groups excluding carboxylic acids is 2. The van der Waals surface area contributed by atoms with Crippen LogP contribution < -0.4 is 15.0 Å². The first-order valence-electron chi connectivity index (χ1n) is 7.16. The van der Waals surface area contributed by atoms with Crippen molar-refractivity contribution in [3.8, 4) is 5.75 Å². The minimum Gasteiger partial charge on any atom is -0.479 e. The van der Waals surface area contributed by atoms with Crippen LogP contribution in [0.15, 0.2) is 24.3 Å². The molecule has 2 amide bonds. The van der Waals surface area contributed by atoms with Crippen LogP contribution in [0.25, 0.3) is 0 Å². The van der Waals surface area contributed by atoms with Crippen molar-refractivity contribution in [2.45, 2.75) is 45.8 Å². The summed E-state index contributed by atoms with van der Waals surface area (Å²) in [6.07, 6.45) is -0.255. The van der Waals surface area contributed by atoms with E-state index in [0.717, 1.165) is 5.69 Å². The van der Waals surface area contributed by atoms with Crippen LogP contribution in [0.1, 0.15) is 34.1 Å². The molecule has 1 aromatic carbocycles. The van der Waals surface area contributed by atoms with E-state index in [4.69, 9.17) is 4.74 Å². The molecule has 1 unspecified atom stereocenters. The summed E-state index contributed by atoms with van der Waals surface area (Å²) in [7, 11) is 0. The minimum atomic E-state index is -0.523. The van der Waals surface area contributed by atoms with E-state index < -0.39 is 6.10 Å². The molecule has 2 rings (SSSR count). The fourth-order valence-electron chi connectivity index (χ4n) is 2.28. The zero-order valence-electron chi connectivity index (χ0n) is 13.0. The van der Waals surface area contributed by atoms with E-state index in [1.165, 1.54) is 0 Å². The van der Waals surface area contributed by atoms with Crippen LogP contribution in [-0.4, -0.2) is 30.0 Å². The van der Waals surface area contributed by atoms with Gasteiger partial charge in [-0.2, -0.15) is 0 Å². The van der Waals surface area contributed by atoms with Crippen molar-refractivity contribution in [3.63, 3.8) is 0 Å². The lowest BCUT2D eigenvalue weighted by Gasteiger charge is -2.33. The van der Waals surface area contributed by atoms with Crippen molar-refractivity contribution >= 4 is 17.5 Å². The molecule has 0 aromatic heterocycles. The van der Waals surface area contributed by atoms with E-state index in [9.17, 15) is 9.59 Å². The number of nitrogens with one attached hydrogen (secondary N) is 1. The Morgan fingerprint density at radius 1 is 1.33 bits per heavy atom. The summed E-state index contributed by atoms with van der Waals surface area (Å²) in [5, 5.41) is 2.90. The van der Waals surface area contributed by atoms with E-state index in [0.29, 0.717) is 12.3 Å². The molecule has 0 saturated heterocycles. The average molecular weight is 290 g/mol. The zero-order valence-corrected chi connectivity index (χ0v) is 13.0. The number of benzene rings is 1. The highest BCUT2D eigenvalue weighted by atomic mass is 16.5. The van der Waals surface area contributed by atoms with Gasteiger partial charge in [0.25, 0.3) is 5.91 Å². The molecule has 1 aromatic rings. The fraction of sp³-hybridized carbons (Fsp3) is 0.500. The molecule has 1 atom stereocenters. The molecule has 1 N–H and O–H groups in total. The third kappa shape index (κ3) is 3.74. The number of carbonyl (C=O) groups is 2. The van der Waals surface area contributed by atoms with Crippen LogP contribution in [0, 0.1) is 0 Å². The van der Waals surface area contributed by atoms with Crippen LogP contribution in [0.4, 0.5) is 5.69 Å². The summed E-state index contributed by atoms with van der Waals surface area (Å²) in [4.78, 5) is 25.8. The number of para-hydroxylation sites is 2. The van der Waals surface area contributed by atoms with Gasteiger partial charge in [0.15, 0.2) is 6.10 Å². The van der Waals surface area contributed by atoms with Gasteiger partial charge in [-0.25, -0.2) is 0 Å². The molecule has 0 fully saturated rings. The van der Waals surface area contributed by atoms with E-state index in [1.54, 1.807) is 11.8 Å². The van der Waals surface area contributed by atoms with Crippen molar-refractivity contribution in [1.29, 1.82) is 0 Å². The number of hydrogen-bond acceptors (Lipinski definition) is 3. The quantitative estimate of drug-likeness (QED) is 0.927. The second-order valence-electron chi connectivity index (χ2n) is 6.27. The summed E-state index contributed by atoms with van der Waals surface area (Å²) >= 11 is 0. The lowest BCUT2D eigenvalue weighted by atomic mass is 10.1. The molecule has 5 heteroatoms. The molecule has 0 bridgehead atoms. The molecular weight excluding hydrogens is 268 g/mol. The predicted octanol–water partition coefficient (Wildman–Crippen LogP) is 2.11. The van der Waals surface area contributed by atoms with Gasteiger partial charge in [-0.1, -0.05) is 12.1 Å². The van der Waals surface area contributed by atoms with Gasteiger partial charge in [0.1, 0.15) is 5.75 Å². The van der Waals surface area contributed by atoms with E-state index in [-0.39, 0.29) is 23.8 Å². The zero-order chi connectivity index (χ0) is 15.6. The SMILES string of the molecule is CC1Oc2ccccc2N(CCC(=O)NC(C)(C)C)C1=O. The Morgan fingerprint density at radius 3 is 2.67 bits per heavy atom. The van der Waals surface area contributed by atoms with Gasteiger partial charge < -0.3 is 15.0 Å². The van der Waals surface area contributed by atoms with Crippen LogP contribution in [0.5, 0.6) is 5.75 Å². The molecule has 5 nitrogen and oxygen atoms in total. The van der Waals surface area contributed by atoms with Gasteiger partial charge in [-0.05, 0) is 39.8 Å². The summed E-state index contributed by atoms with van der Waals surface area (Å²) in [5.41, 5.74) is 0.460. The minimum absolute atomic E-state index is 0.0630. The molecule has 1 aliphatic rings. The highest BCUT2D eigenvalue weighted by molar-refractivity contribution is 6.00. The van der Waals surface area contributed by atoms with Gasteiger partial charge in [-0.15, -0.1) is 0 Å². The summed E-state index contributed by atoms with van der Waals surface area (Å²) in [6.45, 7) is 7.87. The maximum Gasteiger partial charge on any atom is 0.267 e. The standard InChI is InChI=1S/C16H22N2O3/c1-11-15(20)18(10-9-14(19)17-16(2,3)4)12-7-5-6-8-13(12)21-11/h5-8,11H,9-10H2,1-4H3,(H,17,19). The van der Waals surface area contributed by atoms with Gasteiger partial charge in [0, 0.05) is 18.5 Å².